The number of nitrogens with one attached hydrogen (secondary N) is 2. The van der Waals surface area contributed by atoms with Crippen LogP contribution in [0.5, 0.6) is 0 Å². The molecule has 1 heterocycles. The van der Waals surface area contributed by atoms with E-state index in [4.69, 9.17) is 16.7 Å². The van der Waals surface area contributed by atoms with Gasteiger partial charge in [-0.05, 0) is 26.1 Å². The average molecular weight is 241 g/mol. The van der Waals surface area contributed by atoms with Gasteiger partial charge < -0.3 is 15.2 Å². The van der Waals surface area contributed by atoms with Crippen molar-refractivity contribution in [3.63, 3.8) is 0 Å². The maximum Gasteiger partial charge on any atom is 0.175 e. The zero-order valence-corrected chi connectivity index (χ0v) is 11.2. The van der Waals surface area contributed by atoms with Gasteiger partial charge in [0.1, 0.15) is 5.76 Å². The van der Waals surface area contributed by atoms with E-state index in [2.05, 4.69) is 36.6 Å². The Kier molecular flexibility index (Phi) is 3.91. The Morgan fingerprint density at radius 2 is 2.06 bits per heavy atom. The van der Waals surface area contributed by atoms with Crippen molar-refractivity contribution >= 4 is 23.1 Å². The third-order valence-corrected chi connectivity index (χ3v) is 2.13. The van der Waals surface area contributed by atoms with Gasteiger partial charge in [0, 0.05) is 17.5 Å². The van der Waals surface area contributed by atoms with Crippen LogP contribution in [0.2, 0.25) is 0 Å². The van der Waals surface area contributed by atoms with E-state index in [1.165, 1.54) is 0 Å². The molecule has 0 saturated heterocycles. The van der Waals surface area contributed by atoms with E-state index in [-0.39, 0.29) is 5.41 Å². The highest BCUT2D eigenvalue weighted by Gasteiger charge is 2.19. The van der Waals surface area contributed by atoms with Crippen LogP contribution in [0.25, 0.3) is 0 Å². The Labute approximate surface area is 102 Å². The molecule has 0 aliphatic heterocycles. The molecule has 1 aromatic rings. The molecule has 0 aliphatic rings. The standard InChI is InChI=1S/C11H19N3OS/c1-7(2)12-10(16)13-9-6-8(15-14-9)11(3,4)5/h6-7H,1-5H3,(H2,12,13,14,16). The average Bonchev–Trinajstić information content (AvgIpc) is 2.49. The van der Waals surface area contributed by atoms with E-state index in [9.17, 15) is 0 Å². The van der Waals surface area contributed by atoms with Crippen molar-refractivity contribution in [3.05, 3.63) is 11.8 Å². The summed E-state index contributed by atoms with van der Waals surface area (Å²) in [6.45, 7) is 10.3. The van der Waals surface area contributed by atoms with Gasteiger partial charge in [0.05, 0.1) is 0 Å². The third kappa shape index (κ3) is 3.81. The van der Waals surface area contributed by atoms with E-state index >= 15 is 0 Å². The van der Waals surface area contributed by atoms with E-state index in [1.54, 1.807) is 0 Å². The maximum atomic E-state index is 5.24. The largest absolute Gasteiger partial charge is 0.360 e. The van der Waals surface area contributed by atoms with Crippen molar-refractivity contribution in [2.24, 2.45) is 0 Å². The molecule has 0 atom stereocenters. The lowest BCUT2D eigenvalue weighted by atomic mass is 9.93. The summed E-state index contributed by atoms with van der Waals surface area (Å²) in [7, 11) is 0. The number of thiocarbonyl (C=S) groups is 1. The van der Waals surface area contributed by atoms with Crippen molar-refractivity contribution in [3.8, 4) is 0 Å². The molecule has 1 aromatic heterocycles. The minimum absolute atomic E-state index is 0.0416. The highest BCUT2D eigenvalue weighted by molar-refractivity contribution is 7.80. The molecule has 2 N–H and O–H groups in total. The van der Waals surface area contributed by atoms with E-state index in [1.807, 2.05) is 19.9 Å². The predicted octanol–water partition coefficient (Wildman–Crippen LogP) is 2.67. The molecule has 4 nitrogen and oxygen atoms in total. The summed E-state index contributed by atoms with van der Waals surface area (Å²) in [5, 5.41) is 10.5. The molecular formula is C11H19N3OS. The minimum atomic E-state index is -0.0416. The Morgan fingerprint density at radius 1 is 1.44 bits per heavy atom. The lowest BCUT2D eigenvalue weighted by Crippen LogP contribution is -2.33. The summed E-state index contributed by atoms with van der Waals surface area (Å²) in [5.41, 5.74) is -0.0416. The molecule has 0 saturated carbocycles. The van der Waals surface area contributed by atoms with Gasteiger partial charge in [-0.1, -0.05) is 25.9 Å². The molecule has 5 heteroatoms. The van der Waals surface area contributed by atoms with Crippen molar-refractivity contribution in [1.82, 2.24) is 10.5 Å². The van der Waals surface area contributed by atoms with Crippen LogP contribution < -0.4 is 10.6 Å². The number of aromatic nitrogens is 1. The Balaban J connectivity index is 2.62. The quantitative estimate of drug-likeness (QED) is 0.780. The van der Waals surface area contributed by atoms with Crippen LogP contribution in [0, 0.1) is 0 Å². The van der Waals surface area contributed by atoms with Crippen LogP contribution in [0.1, 0.15) is 40.4 Å². The number of nitrogens with zero attached hydrogens (tertiary/aromatic N) is 1. The maximum absolute atomic E-state index is 5.24. The normalized spacial score (nSPS) is 11.6. The first kappa shape index (κ1) is 13.0. The first-order chi connectivity index (χ1) is 7.29. The summed E-state index contributed by atoms with van der Waals surface area (Å²) in [4.78, 5) is 0. The molecule has 0 bridgehead atoms. The number of anilines is 1. The summed E-state index contributed by atoms with van der Waals surface area (Å²) in [6, 6.07) is 2.17. The Morgan fingerprint density at radius 3 is 2.50 bits per heavy atom. The lowest BCUT2D eigenvalue weighted by Gasteiger charge is -2.12. The highest BCUT2D eigenvalue weighted by Crippen LogP contribution is 2.24. The van der Waals surface area contributed by atoms with Gasteiger partial charge in [-0.15, -0.1) is 0 Å². The van der Waals surface area contributed by atoms with Crippen LogP contribution in [0.4, 0.5) is 5.82 Å². The van der Waals surface area contributed by atoms with Gasteiger partial charge in [-0.3, -0.25) is 0 Å². The molecule has 16 heavy (non-hydrogen) atoms. The monoisotopic (exact) mass is 241 g/mol. The molecular weight excluding hydrogens is 222 g/mol. The van der Waals surface area contributed by atoms with Gasteiger partial charge in [-0.25, -0.2) is 0 Å². The second-order valence-electron chi connectivity index (χ2n) is 5.08. The fraction of sp³-hybridized carbons (Fsp3) is 0.636. The number of hydrogen-bond acceptors (Lipinski definition) is 3. The summed E-state index contributed by atoms with van der Waals surface area (Å²) in [5.74, 6) is 1.48. The molecule has 0 spiro atoms. The zero-order valence-electron chi connectivity index (χ0n) is 10.4. The molecule has 0 aliphatic carbocycles. The van der Waals surface area contributed by atoms with Crippen molar-refractivity contribution in [1.29, 1.82) is 0 Å². The van der Waals surface area contributed by atoms with Crippen LogP contribution in [-0.2, 0) is 5.41 Å². The molecule has 0 aromatic carbocycles. The molecule has 90 valence electrons. The first-order valence-corrected chi connectivity index (χ1v) is 5.74. The first-order valence-electron chi connectivity index (χ1n) is 5.34. The SMILES string of the molecule is CC(C)NC(=S)Nc1cc(C(C)(C)C)on1. The summed E-state index contributed by atoms with van der Waals surface area (Å²) < 4.78 is 5.24. The second kappa shape index (κ2) is 4.82. The smallest absolute Gasteiger partial charge is 0.175 e. The summed E-state index contributed by atoms with van der Waals surface area (Å²) in [6.07, 6.45) is 0. The van der Waals surface area contributed by atoms with Gasteiger partial charge >= 0.3 is 0 Å². The number of rotatable bonds is 2. The fourth-order valence-corrected chi connectivity index (χ4v) is 1.44. The van der Waals surface area contributed by atoms with Crippen molar-refractivity contribution in [2.75, 3.05) is 5.32 Å². The van der Waals surface area contributed by atoms with E-state index < -0.39 is 0 Å². The lowest BCUT2D eigenvalue weighted by molar-refractivity contribution is 0.331. The zero-order chi connectivity index (χ0) is 12.3. The molecule has 0 unspecified atom stereocenters. The molecule has 0 radical (unpaired) electrons. The van der Waals surface area contributed by atoms with Crippen molar-refractivity contribution in [2.45, 2.75) is 46.1 Å². The van der Waals surface area contributed by atoms with Gasteiger partial charge in [0.2, 0.25) is 0 Å². The molecule has 0 amide bonds. The van der Waals surface area contributed by atoms with E-state index in [0.29, 0.717) is 17.0 Å². The summed E-state index contributed by atoms with van der Waals surface area (Å²) >= 11 is 5.11. The van der Waals surface area contributed by atoms with Gasteiger partial charge in [-0.2, -0.15) is 0 Å². The van der Waals surface area contributed by atoms with Crippen molar-refractivity contribution < 1.29 is 4.52 Å². The fourth-order valence-electron chi connectivity index (χ4n) is 1.10. The minimum Gasteiger partial charge on any atom is -0.360 e. The van der Waals surface area contributed by atoms with E-state index in [0.717, 1.165) is 5.76 Å². The second-order valence-corrected chi connectivity index (χ2v) is 5.49. The van der Waals surface area contributed by atoms with Crippen LogP contribution >= 0.6 is 12.2 Å². The van der Waals surface area contributed by atoms with Crippen LogP contribution in [0.3, 0.4) is 0 Å². The van der Waals surface area contributed by atoms with Crippen LogP contribution in [0.15, 0.2) is 10.6 Å². The Bertz CT molecular complexity index is 366. The number of hydrogen-bond donors (Lipinski definition) is 2. The predicted molar refractivity (Wildman–Crippen MR) is 69.7 cm³/mol. The van der Waals surface area contributed by atoms with Gasteiger partial charge in [0.25, 0.3) is 0 Å². The van der Waals surface area contributed by atoms with Gasteiger partial charge in [0.15, 0.2) is 10.9 Å². The topological polar surface area (TPSA) is 50.1 Å². The molecule has 1 rings (SSSR count). The molecule has 0 fully saturated rings. The highest BCUT2D eigenvalue weighted by atomic mass is 32.1. The van der Waals surface area contributed by atoms with Crippen LogP contribution in [-0.4, -0.2) is 16.3 Å². The third-order valence-electron chi connectivity index (χ3n) is 1.91. The Hall–Kier alpha value is -1.10.